The Kier molecular flexibility index (Phi) is 7.20. The molecule has 5 heteroatoms. The van der Waals surface area contributed by atoms with E-state index in [-0.39, 0.29) is 0 Å². The minimum atomic E-state index is 0.323. The lowest BCUT2D eigenvalue weighted by Gasteiger charge is -2.28. The first-order valence-corrected chi connectivity index (χ1v) is 10.7. The molecule has 0 aliphatic carbocycles. The van der Waals surface area contributed by atoms with Crippen molar-refractivity contribution >= 4 is 17.7 Å². The van der Waals surface area contributed by atoms with Crippen molar-refractivity contribution < 1.29 is 4.79 Å². The smallest absolute Gasteiger partial charge is 0.224 e. The normalized spacial score (nSPS) is 24.4. The molecule has 138 valence electrons. The number of likely N-dealkylation sites (tertiary alicyclic amines) is 1. The van der Waals surface area contributed by atoms with Gasteiger partial charge in [0.15, 0.2) is 0 Å². The van der Waals surface area contributed by atoms with Crippen LogP contribution in [0.1, 0.15) is 25.3 Å². The summed E-state index contributed by atoms with van der Waals surface area (Å²) in [5.74, 6) is 3.17. The molecule has 4 nitrogen and oxygen atoms in total. The Labute approximate surface area is 156 Å². The lowest BCUT2D eigenvalue weighted by Crippen LogP contribution is -2.44. The van der Waals surface area contributed by atoms with Crippen LogP contribution in [-0.2, 0) is 11.3 Å². The standard InChI is InChI=1S/C20H31N3OS/c1-2-23(20(24)12-19-16-25-11-9-21-19)15-18-8-10-22(14-18)13-17-6-4-3-5-7-17/h3-7,18-19,21H,2,8-16H2,1H3. The number of amides is 1. The summed E-state index contributed by atoms with van der Waals surface area (Å²) in [6, 6.07) is 11.0. The number of benzene rings is 1. The van der Waals surface area contributed by atoms with E-state index in [2.05, 4.69) is 52.4 Å². The molecule has 0 bridgehead atoms. The second-order valence-electron chi connectivity index (χ2n) is 7.24. The number of rotatable bonds is 7. The minimum Gasteiger partial charge on any atom is -0.343 e. The predicted molar refractivity (Wildman–Crippen MR) is 106 cm³/mol. The third kappa shape index (κ3) is 5.73. The Balaban J connectivity index is 1.44. The van der Waals surface area contributed by atoms with Crippen LogP contribution in [0, 0.1) is 5.92 Å². The molecule has 3 rings (SSSR count). The van der Waals surface area contributed by atoms with E-state index in [1.807, 2.05) is 11.8 Å². The quantitative estimate of drug-likeness (QED) is 0.809. The summed E-state index contributed by atoms with van der Waals surface area (Å²) in [4.78, 5) is 17.3. The summed E-state index contributed by atoms with van der Waals surface area (Å²) in [6.45, 7) is 8.17. The van der Waals surface area contributed by atoms with E-state index in [0.29, 0.717) is 24.3 Å². The highest BCUT2D eigenvalue weighted by Gasteiger charge is 2.27. The number of hydrogen-bond donors (Lipinski definition) is 1. The highest BCUT2D eigenvalue weighted by molar-refractivity contribution is 7.99. The van der Waals surface area contributed by atoms with Crippen LogP contribution in [-0.4, -0.2) is 66.0 Å². The van der Waals surface area contributed by atoms with Gasteiger partial charge in [0.05, 0.1) is 0 Å². The molecule has 0 aromatic heterocycles. The first-order valence-electron chi connectivity index (χ1n) is 9.59. The zero-order chi connectivity index (χ0) is 17.5. The fourth-order valence-electron chi connectivity index (χ4n) is 3.86. The van der Waals surface area contributed by atoms with E-state index in [4.69, 9.17) is 0 Å². The van der Waals surface area contributed by atoms with Crippen LogP contribution < -0.4 is 5.32 Å². The second-order valence-corrected chi connectivity index (χ2v) is 8.39. The van der Waals surface area contributed by atoms with Crippen LogP contribution in [0.2, 0.25) is 0 Å². The van der Waals surface area contributed by atoms with Gasteiger partial charge in [0, 0.05) is 56.7 Å². The van der Waals surface area contributed by atoms with E-state index >= 15 is 0 Å². The fraction of sp³-hybridized carbons (Fsp3) is 0.650. The van der Waals surface area contributed by atoms with Gasteiger partial charge in [-0.05, 0) is 31.4 Å². The van der Waals surface area contributed by atoms with Gasteiger partial charge in [-0.2, -0.15) is 11.8 Å². The predicted octanol–water partition coefficient (Wildman–Crippen LogP) is 2.45. The largest absolute Gasteiger partial charge is 0.343 e. The molecule has 0 radical (unpaired) electrons. The average Bonchev–Trinajstić information content (AvgIpc) is 3.08. The molecule has 1 aromatic carbocycles. The van der Waals surface area contributed by atoms with Crippen molar-refractivity contribution in [2.75, 3.05) is 44.2 Å². The molecular formula is C20H31N3OS. The summed E-state index contributed by atoms with van der Waals surface area (Å²) < 4.78 is 0. The van der Waals surface area contributed by atoms with Crippen molar-refractivity contribution in [3.05, 3.63) is 35.9 Å². The Morgan fingerprint density at radius 2 is 2.20 bits per heavy atom. The van der Waals surface area contributed by atoms with Crippen molar-refractivity contribution in [2.45, 2.75) is 32.4 Å². The molecule has 1 N–H and O–H groups in total. The highest BCUT2D eigenvalue weighted by atomic mass is 32.2. The van der Waals surface area contributed by atoms with Gasteiger partial charge in [-0.3, -0.25) is 9.69 Å². The van der Waals surface area contributed by atoms with E-state index in [0.717, 1.165) is 45.0 Å². The second kappa shape index (κ2) is 9.60. The zero-order valence-corrected chi connectivity index (χ0v) is 16.1. The third-order valence-electron chi connectivity index (χ3n) is 5.25. The van der Waals surface area contributed by atoms with Gasteiger partial charge in [0.1, 0.15) is 0 Å². The van der Waals surface area contributed by atoms with Gasteiger partial charge in [0.25, 0.3) is 0 Å². The van der Waals surface area contributed by atoms with Crippen LogP contribution in [0.15, 0.2) is 30.3 Å². The zero-order valence-electron chi connectivity index (χ0n) is 15.3. The van der Waals surface area contributed by atoms with Crippen LogP contribution in [0.3, 0.4) is 0 Å². The van der Waals surface area contributed by atoms with E-state index in [1.165, 1.54) is 17.7 Å². The van der Waals surface area contributed by atoms with Crippen LogP contribution >= 0.6 is 11.8 Å². The number of nitrogens with one attached hydrogen (secondary N) is 1. The lowest BCUT2D eigenvalue weighted by molar-refractivity contribution is -0.132. The molecule has 0 saturated carbocycles. The highest BCUT2D eigenvalue weighted by Crippen LogP contribution is 2.20. The van der Waals surface area contributed by atoms with Crippen LogP contribution in [0.4, 0.5) is 0 Å². The van der Waals surface area contributed by atoms with Crippen molar-refractivity contribution in [3.63, 3.8) is 0 Å². The van der Waals surface area contributed by atoms with Gasteiger partial charge in [-0.25, -0.2) is 0 Å². The third-order valence-corrected chi connectivity index (χ3v) is 6.38. The average molecular weight is 362 g/mol. The van der Waals surface area contributed by atoms with Crippen LogP contribution in [0.25, 0.3) is 0 Å². The Morgan fingerprint density at radius 1 is 1.36 bits per heavy atom. The summed E-state index contributed by atoms with van der Waals surface area (Å²) >= 11 is 1.96. The first-order chi connectivity index (χ1) is 12.2. The Morgan fingerprint density at radius 3 is 2.92 bits per heavy atom. The fourth-order valence-corrected chi connectivity index (χ4v) is 4.81. The lowest BCUT2D eigenvalue weighted by atomic mass is 10.1. The molecule has 2 heterocycles. The maximum Gasteiger partial charge on any atom is 0.224 e. The SMILES string of the molecule is CCN(CC1CCN(Cc2ccccc2)C1)C(=O)CC1CSCCN1. The van der Waals surface area contributed by atoms with Crippen molar-refractivity contribution in [2.24, 2.45) is 5.92 Å². The molecule has 2 aliphatic rings. The van der Waals surface area contributed by atoms with Crippen molar-refractivity contribution in [3.8, 4) is 0 Å². The molecule has 1 amide bonds. The summed E-state index contributed by atoms with van der Waals surface area (Å²) in [6.07, 6.45) is 1.86. The van der Waals surface area contributed by atoms with Gasteiger partial charge < -0.3 is 10.2 Å². The summed E-state index contributed by atoms with van der Waals surface area (Å²) in [5.41, 5.74) is 1.38. The van der Waals surface area contributed by atoms with Gasteiger partial charge in [0.2, 0.25) is 5.91 Å². The minimum absolute atomic E-state index is 0.323. The number of carbonyl (C=O) groups excluding carboxylic acids is 1. The van der Waals surface area contributed by atoms with Crippen molar-refractivity contribution in [1.82, 2.24) is 15.1 Å². The Hall–Kier alpha value is -1.04. The van der Waals surface area contributed by atoms with E-state index < -0.39 is 0 Å². The summed E-state index contributed by atoms with van der Waals surface area (Å²) in [5, 5.41) is 3.48. The molecule has 2 fully saturated rings. The van der Waals surface area contributed by atoms with Crippen LogP contribution in [0.5, 0.6) is 0 Å². The summed E-state index contributed by atoms with van der Waals surface area (Å²) in [7, 11) is 0. The molecule has 2 atom stereocenters. The number of thioether (sulfide) groups is 1. The monoisotopic (exact) mass is 361 g/mol. The number of carbonyl (C=O) groups is 1. The molecule has 1 aromatic rings. The molecule has 2 unspecified atom stereocenters. The van der Waals surface area contributed by atoms with E-state index in [1.54, 1.807) is 0 Å². The first kappa shape index (κ1) is 18.7. The molecule has 25 heavy (non-hydrogen) atoms. The van der Waals surface area contributed by atoms with Gasteiger partial charge in [-0.15, -0.1) is 0 Å². The van der Waals surface area contributed by atoms with Crippen molar-refractivity contribution in [1.29, 1.82) is 0 Å². The number of hydrogen-bond acceptors (Lipinski definition) is 4. The number of nitrogens with zero attached hydrogens (tertiary/aromatic N) is 2. The molecular weight excluding hydrogens is 330 g/mol. The molecule has 0 spiro atoms. The van der Waals surface area contributed by atoms with Gasteiger partial charge >= 0.3 is 0 Å². The topological polar surface area (TPSA) is 35.6 Å². The van der Waals surface area contributed by atoms with E-state index in [9.17, 15) is 4.79 Å². The molecule has 2 aliphatic heterocycles. The molecule has 2 saturated heterocycles. The maximum atomic E-state index is 12.7. The van der Waals surface area contributed by atoms with Gasteiger partial charge in [-0.1, -0.05) is 30.3 Å². The Bertz CT molecular complexity index is 533. The maximum absolute atomic E-state index is 12.7.